The van der Waals surface area contributed by atoms with Crippen molar-refractivity contribution in [2.75, 3.05) is 0 Å². The molecule has 0 aliphatic rings. The zero-order valence-electron chi connectivity index (χ0n) is 15.9. The van der Waals surface area contributed by atoms with Crippen LogP contribution in [0.25, 0.3) is 0 Å². The van der Waals surface area contributed by atoms with Crippen LogP contribution in [0.1, 0.15) is 34.1 Å². The summed E-state index contributed by atoms with van der Waals surface area (Å²) in [6, 6.07) is 31.6. The van der Waals surface area contributed by atoms with Gasteiger partial charge in [-0.2, -0.15) is 0 Å². The summed E-state index contributed by atoms with van der Waals surface area (Å²) in [7, 11) is 0. The van der Waals surface area contributed by atoms with Crippen molar-refractivity contribution in [1.82, 2.24) is 0 Å². The molecule has 4 heteroatoms. The van der Waals surface area contributed by atoms with Crippen molar-refractivity contribution in [3.63, 3.8) is 0 Å². The van der Waals surface area contributed by atoms with Crippen LogP contribution in [0.15, 0.2) is 97.1 Å². The summed E-state index contributed by atoms with van der Waals surface area (Å²) in [4.78, 5) is 0. The lowest BCUT2D eigenvalue weighted by Gasteiger charge is -2.31. The van der Waals surface area contributed by atoms with E-state index in [4.69, 9.17) is 46.4 Å². The van der Waals surface area contributed by atoms with Crippen molar-refractivity contribution in [2.24, 2.45) is 0 Å². The Morgan fingerprint density at radius 3 is 1.20 bits per heavy atom. The van der Waals surface area contributed by atoms with Gasteiger partial charge in [-0.15, -0.1) is 0 Å². The van der Waals surface area contributed by atoms with Gasteiger partial charge in [-0.25, -0.2) is 0 Å². The molecule has 0 bridgehead atoms. The first-order chi connectivity index (χ1) is 14.5. The molecule has 0 unspecified atom stereocenters. The fraction of sp³-hybridized carbons (Fsp3) is 0.0769. The van der Waals surface area contributed by atoms with E-state index in [0.717, 1.165) is 22.3 Å². The fourth-order valence-electron chi connectivity index (χ4n) is 3.96. The van der Waals surface area contributed by atoms with Gasteiger partial charge in [-0.3, -0.25) is 0 Å². The van der Waals surface area contributed by atoms with Gasteiger partial charge in [0, 0.05) is 31.9 Å². The smallest absolute Gasteiger partial charge is 0.0444 e. The highest BCUT2D eigenvalue weighted by Crippen LogP contribution is 2.47. The first kappa shape index (κ1) is 21.3. The van der Waals surface area contributed by atoms with Crippen LogP contribution in [0, 0.1) is 0 Å². The van der Waals surface area contributed by atoms with E-state index in [2.05, 4.69) is 24.3 Å². The first-order valence-corrected chi connectivity index (χ1v) is 11.1. The molecule has 30 heavy (non-hydrogen) atoms. The maximum atomic E-state index is 6.71. The molecule has 4 aromatic carbocycles. The third-order valence-corrected chi connectivity index (χ3v) is 6.39. The van der Waals surface area contributed by atoms with Crippen LogP contribution in [0.5, 0.6) is 0 Å². The SMILES string of the molecule is Clc1cccc([C@@H](c2ccccc2Cl)[C@@H](c2cccc(Cl)c2)c2ccccc2Cl)c1. The molecule has 4 rings (SSSR count). The molecule has 0 fully saturated rings. The number of hydrogen-bond donors (Lipinski definition) is 0. The van der Waals surface area contributed by atoms with Crippen molar-refractivity contribution >= 4 is 46.4 Å². The lowest BCUT2D eigenvalue weighted by atomic mass is 9.73. The van der Waals surface area contributed by atoms with E-state index in [9.17, 15) is 0 Å². The number of rotatable bonds is 5. The Kier molecular flexibility index (Phi) is 6.71. The van der Waals surface area contributed by atoms with Crippen LogP contribution < -0.4 is 0 Å². The normalized spacial score (nSPS) is 13.1. The summed E-state index contributed by atoms with van der Waals surface area (Å²) in [5, 5.41) is 2.74. The predicted octanol–water partition coefficient (Wildman–Crippen LogP) is 9.26. The van der Waals surface area contributed by atoms with E-state index >= 15 is 0 Å². The average molecular weight is 472 g/mol. The average Bonchev–Trinajstić information content (AvgIpc) is 2.73. The lowest BCUT2D eigenvalue weighted by molar-refractivity contribution is 0.694. The Labute approximate surface area is 197 Å². The van der Waals surface area contributed by atoms with Gasteiger partial charge in [-0.05, 0) is 58.7 Å². The van der Waals surface area contributed by atoms with Gasteiger partial charge in [0.2, 0.25) is 0 Å². The van der Waals surface area contributed by atoms with Crippen molar-refractivity contribution < 1.29 is 0 Å². The molecule has 0 nitrogen and oxygen atoms in total. The molecule has 0 aliphatic carbocycles. The molecule has 0 radical (unpaired) electrons. The third kappa shape index (κ3) is 4.53. The maximum Gasteiger partial charge on any atom is 0.0444 e. The van der Waals surface area contributed by atoms with Crippen molar-refractivity contribution in [3.05, 3.63) is 139 Å². The molecule has 0 amide bonds. The summed E-state index contributed by atoms with van der Waals surface area (Å²) >= 11 is 26.2. The Balaban J connectivity index is 2.03. The second-order valence-electron chi connectivity index (χ2n) is 7.11. The molecule has 0 aromatic heterocycles. The maximum absolute atomic E-state index is 6.71. The van der Waals surface area contributed by atoms with Crippen LogP contribution in [0.2, 0.25) is 20.1 Å². The highest BCUT2D eigenvalue weighted by atomic mass is 35.5. The molecule has 0 aliphatic heterocycles. The summed E-state index contributed by atoms with van der Waals surface area (Å²) in [6.07, 6.45) is 0. The number of hydrogen-bond acceptors (Lipinski definition) is 0. The third-order valence-electron chi connectivity index (χ3n) is 5.23. The van der Waals surface area contributed by atoms with E-state index < -0.39 is 0 Å². The molecule has 0 spiro atoms. The zero-order chi connectivity index (χ0) is 21.1. The van der Waals surface area contributed by atoms with Crippen molar-refractivity contribution in [1.29, 1.82) is 0 Å². The molecule has 0 heterocycles. The predicted molar refractivity (Wildman–Crippen MR) is 129 cm³/mol. The van der Waals surface area contributed by atoms with E-state index in [1.54, 1.807) is 0 Å². The molecule has 0 N–H and O–H groups in total. The lowest BCUT2D eigenvalue weighted by Crippen LogP contribution is -2.15. The first-order valence-electron chi connectivity index (χ1n) is 9.54. The Morgan fingerprint density at radius 2 is 0.833 bits per heavy atom. The van der Waals surface area contributed by atoms with E-state index in [1.165, 1.54) is 0 Å². The quantitative estimate of drug-likeness (QED) is 0.272. The van der Waals surface area contributed by atoms with Crippen LogP contribution in [-0.2, 0) is 0 Å². The number of benzene rings is 4. The van der Waals surface area contributed by atoms with Gasteiger partial charge in [0.05, 0.1) is 0 Å². The molecular weight excluding hydrogens is 454 g/mol. The monoisotopic (exact) mass is 470 g/mol. The van der Waals surface area contributed by atoms with Gasteiger partial charge in [0.15, 0.2) is 0 Å². The zero-order valence-corrected chi connectivity index (χ0v) is 18.9. The van der Waals surface area contributed by atoms with Crippen molar-refractivity contribution in [2.45, 2.75) is 11.8 Å². The topological polar surface area (TPSA) is 0 Å². The van der Waals surface area contributed by atoms with Crippen LogP contribution >= 0.6 is 46.4 Å². The van der Waals surface area contributed by atoms with Crippen LogP contribution in [0.3, 0.4) is 0 Å². The standard InChI is InChI=1S/C26H18Cl4/c27-19-9-5-7-17(15-19)25(21-11-1-3-13-23(21)29)26(18-8-6-10-20(28)16-18)22-12-2-4-14-24(22)30/h1-16,25-26H/t25-,26-/m0/s1. The van der Waals surface area contributed by atoms with Gasteiger partial charge in [-0.1, -0.05) is 107 Å². The Bertz CT molecular complexity index is 1080. The van der Waals surface area contributed by atoms with E-state index in [-0.39, 0.29) is 11.8 Å². The van der Waals surface area contributed by atoms with E-state index in [1.807, 2.05) is 72.8 Å². The summed E-state index contributed by atoms with van der Waals surface area (Å²) in [6.45, 7) is 0. The summed E-state index contributed by atoms with van der Waals surface area (Å²) in [5.74, 6) is -0.230. The summed E-state index contributed by atoms with van der Waals surface area (Å²) in [5.41, 5.74) is 4.12. The molecule has 4 aromatic rings. The van der Waals surface area contributed by atoms with Crippen molar-refractivity contribution in [3.8, 4) is 0 Å². The minimum atomic E-state index is -0.115. The minimum Gasteiger partial charge on any atom is -0.0843 e. The number of halogens is 4. The van der Waals surface area contributed by atoms with E-state index in [0.29, 0.717) is 20.1 Å². The molecule has 2 atom stereocenters. The fourth-order valence-corrected chi connectivity index (χ4v) is 4.86. The van der Waals surface area contributed by atoms with Gasteiger partial charge < -0.3 is 0 Å². The van der Waals surface area contributed by atoms with Gasteiger partial charge in [0.25, 0.3) is 0 Å². The minimum absolute atomic E-state index is 0.115. The molecule has 150 valence electrons. The highest BCUT2D eigenvalue weighted by molar-refractivity contribution is 6.32. The Morgan fingerprint density at radius 1 is 0.433 bits per heavy atom. The second-order valence-corrected chi connectivity index (χ2v) is 8.80. The van der Waals surface area contributed by atoms with Gasteiger partial charge in [0.1, 0.15) is 0 Å². The molecule has 0 saturated heterocycles. The van der Waals surface area contributed by atoms with Crippen LogP contribution in [-0.4, -0.2) is 0 Å². The van der Waals surface area contributed by atoms with Gasteiger partial charge >= 0.3 is 0 Å². The molecule has 0 saturated carbocycles. The second kappa shape index (κ2) is 9.45. The Hall–Kier alpha value is -1.96. The summed E-state index contributed by atoms with van der Waals surface area (Å²) < 4.78 is 0. The largest absolute Gasteiger partial charge is 0.0843 e. The highest BCUT2D eigenvalue weighted by Gasteiger charge is 2.31. The van der Waals surface area contributed by atoms with Crippen LogP contribution in [0.4, 0.5) is 0 Å². The molecular formula is C26H18Cl4.